The van der Waals surface area contributed by atoms with Gasteiger partial charge in [0.2, 0.25) is 0 Å². The van der Waals surface area contributed by atoms with Crippen molar-refractivity contribution >= 4 is 6.03 Å². The monoisotopic (exact) mass is 224 g/mol. The van der Waals surface area contributed by atoms with Crippen LogP contribution in [0.5, 0.6) is 0 Å². The molecule has 0 saturated carbocycles. The number of hydrogen-bond acceptors (Lipinski definition) is 2. The van der Waals surface area contributed by atoms with E-state index < -0.39 is 0 Å². The van der Waals surface area contributed by atoms with Crippen molar-refractivity contribution in [1.82, 2.24) is 20.4 Å². The van der Waals surface area contributed by atoms with E-state index in [1.807, 2.05) is 13.8 Å². The lowest BCUT2D eigenvalue weighted by atomic mass is 10.1. The van der Waals surface area contributed by atoms with Gasteiger partial charge in [-0.05, 0) is 13.8 Å². The number of nitrogens with one attached hydrogen (secondary N) is 3. The van der Waals surface area contributed by atoms with E-state index in [2.05, 4.69) is 15.5 Å². The van der Waals surface area contributed by atoms with Gasteiger partial charge in [0.1, 0.15) is 0 Å². The molecule has 2 rings (SSSR count). The molecule has 0 unspecified atom stereocenters. The van der Waals surface area contributed by atoms with Crippen molar-refractivity contribution in [3.8, 4) is 0 Å². The molecule has 2 amide bonds. The molecular formula is C10H16N4O2. The number of urea groups is 1. The molecule has 1 aromatic heterocycles. The van der Waals surface area contributed by atoms with Gasteiger partial charge in [0.25, 0.3) is 5.56 Å². The van der Waals surface area contributed by atoms with Crippen LogP contribution in [0, 0.1) is 0 Å². The summed E-state index contributed by atoms with van der Waals surface area (Å²) in [5, 5.41) is 8.19. The second kappa shape index (κ2) is 4.03. The number of H-pyrrole nitrogens is 2. The average molecular weight is 224 g/mol. The lowest BCUT2D eigenvalue weighted by Crippen LogP contribution is -2.45. The van der Waals surface area contributed by atoms with E-state index in [0.717, 1.165) is 5.69 Å². The van der Waals surface area contributed by atoms with Gasteiger partial charge in [-0.3, -0.25) is 9.89 Å². The fourth-order valence-electron chi connectivity index (χ4n) is 1.83. The zero-order chi connectivity index (χ0) is 11.7. The number of rotatable bonds is 1. The van der Waals surface area contributed by atoms with Crippen molar-refractivity contribution in [2.75, 3.05) is 6.54 Å². The Balaban J connectivity index is 2.10. The van der Waals surface area contributed by atoms with Gasteiger partial charge in [0.05, 0.1) is 12.1 Å². The molecule has 0 spiro atoms. The largest absolute Gasteiger partial charge is 0.336 e. The number of carbonyl (C=O) groups is 1. The predicted molar refractivity (Wildman–Crippen MR) is 59.2 cm³/mol. The third kappa shape index (κ3) is 1.95. The van der Waals surface area contributed by atoms with Crippen LogP contribution in [0.4, 0.5) is 4.79 Å². The minimum Gasteiger partial charge on any atom is -0.336 e. The molecule has 1 aromatic rings. The minimum atomic E-state index is -0.128. The summed E-state index contributed by atoms with van der Waals surface area (Å²) in [5.41, 5.74) is 1.46. The summed E-state index contributed by atoms with van der Waals surface area (Å²) >= 11 is 0. The fraction of sp³-hybridized carbons (Fsp3) is 0.600. The quantitative estimate of drug-likeness (QED) is 0.636. The van der Waals surface area contributed by atoms with Crippen molar-refractivity contribution < 1.29 is 4.79 Å². The van der Waals surface area contributed by atoms with Crippen LogP contribution in [0.25, 0.3) is 0 Å². The smallest absolute Gasteiger partial charge is 0.317 e. The third-order valence-electron chi connectivity index (χ3n) is 2.65. The summed E-state index contributed by atoms with van der Waals surface area (Å²) in [5.74, 6) is 0. The van der Waals surface area contributed by atoms with Gasteiger partial charge < -0.3 is 15.3 Å². The molecule has 1 aliphatic rings. The molecular weight excluding hydrogens is 208 g/mol. The summed E-state index contributed by atoms with van der Waals surface area (Å²) in [7, 11) is 0. The van der Waals surface area contributed by atoms with Gasteiger partial charge in [0, 0.05) is 24.7 Å². The molecule has 0 atom stereocenters. The molecule has 2 heterocycles. The molecule has 0 radical (unpaired) electrons. The number of aromatic nitrogens is 2. The van der Waals surface area contributed by atoms with Gasteiger partial charge in [0.15, 0.2) is 0 Å². The lowest BCUT2D eigenvalue weighted by molar-refractivity contribution is 0.189. The van der Waals surface area contributed by atoms with Crippen molar-refractivity contribution in [3.05, 3.63) is 21.6 Å². The van der Waals surface area contributed by atoms with Gasteiger partial charge in [-0.15, -0.1) is 0 Å². The number of hydrogen-bond donors (Lipinski definition) is 3. The molecule has 6 nitrogen and oxygen atoms in total. The molecule has 0 saturated heterocycles. The van der Waals surface area contributed by atoms with Crippen LogP contribution >= 0.6 is 0 Å². The Morgan fingerprint density at radius 1 is 1.44 bits per heavy atom. The average Bonchev–Trinajstić information content (AvgIpc) is 2.59. The van der Waals surface area contributed by atoms with Crippen molar-refractivity contribution in [3.63, 3.8) is 0 Å². The maximum absolute atomic E-state index is 11.7. The highest BCUT2D eigenvalue weighted by Crippen LogP contribution is 2.12. The molecule has 88 valence electrons. The zero-order valence-corrected chi connectivity index (χ0v) is 9.46. The van der Waals surface area contributed by atoms with E-state index in [0.29, 0.717) is 25.1 Å². The normalized spacial score (nSPS) is 15.1. The maximum atomic E-state index is 11.7. The van der Waals surface area contributed by atoms with Crippen LogP contribution in [-0.2, 0) is 13.0 Å². The minimum absolute atomic E-state index is 0.110. The SMILES string of the molecule is CC(C)NC(=O)N1CCc2[nH][nH]c(=O)c2C1. The van der Waals surface area contributed by atoms with Crippen molar-refractivity contribution in [2.45, 2.75) is 32.9 Å². The van der Waals surface area contributed by atoms with Gasteiger partial charge in [-0.1, -0.05) is 0 Å². The Labute approximate surface area is 93.0 Å². The predicted octanol–water partition coefficient (Wildman–Crippen LogP) is 0.179. The number of nitrogens with zero attached hydrogens (tertiary/aromatic N) is 1. The Kier molecular flexibility index (Phi) is 2.72. The molecule has 0 aliphatic carbocycles. The van der Waals surface area contributed by atoms with E-state index in [1.165, 1.54) is 0 Å². The maximum Gasteiger partial charge on any atom is 0.317 e. The molecule has 0 fully saturated rings. The third-order valence-corrected chi connectivity index (χ3v) is 2.65. The Morgan fingerprint density at radius 3 is 2.88 bits per heavy atom. The fourth-order valence-corrected chi connectivity index (χ4v) is 1.83. The van der Waals surface area contributed by atoms with Crippen LogP contribution in [0.15, 0.2) is 4.79 Å². The number of fused-ring (bicyclic) bond motifs is 1. The van der Waals surface area contributed by atoms with E-state index >= 15 is 0 Å². The second-order valence-electron chi connectivity index (χ2n) is 4.31. The summed E-state index contributed by atoms with van der Waals surface area (Å²) in [6, 6.07) is -0.000318. The van der Waals surface area contributed by atoms with Gasteiger partial charge >= 0.3 is 6.03 Å². The van der Waals surface area contributed by atoms with E-state index in [9.17, 15) is 9.59 Å². The summed E-state index contributed by atoms with van der Waals surface area (Å²) < 4.78 is 0. The molecule has 0 bridgehead atoms. The van der Waals surface area contributed by atoms with Crippen LogP contribution in [0.1, 0.15) is 25.1 Å². The Bertz CT molecular complexity index is 446. The summed E-state index contributed by atoms with van der Waals surface area (Å²) in [4.78, 5) is 24.8. The molecule has 6 heteroatoms. The molecule has 3 N–H and O–H groups in total. The highest BCUT2D eigenvalue weighted by atomic mass is 16.2. The van der Waals surface area contributed by atoms with Crippen molar-refractivity contribution in [2.24, 2.45) is 0 Å². The first kappa shape index (κ1) is 10.8. The number of carbonyl (C=O) groups excluding carboxylic acids is 1. The van der Waals surface area contributed by atoms with Crippen molar-refractivity contribution in [1.29, 1.82) is 0 Å². The zero-order valence-electron chi connectivity index (χ0n) is 9.46. The van der Waals surface area contributed by atoms with E-state index in [4.69, 9.17) is 0 Å². The van der Waals surface area contributed by atoms with Crippen LogP contribution in [0.3, 0.4) is 0 Å². The number of amides is 2. The Hall–Kier alpha value is -1.72. The molecule has 1 aliphatic heterocycles. The van der Waals surface area contributed by atoms with Crippen LogP contribution < -0.4 is 10.9 Å². The topological polar surface area (TPSA) is 81.0 Å². The van der Waals surface area contributed by atoms with E-state index in [-0.39, 0.29) is 17.6 Å². The lowest BCUT2D eigenvalue weighted by Gasteiger charge is -2.27. The molecule has 0 aromatic carbocycles. The first-order valence-electron chi connectivity index (χ1n) is 5.41. The van der Waals surface area contributed by atoms with E-state index in [1.54, 1.807) is 4.90 Å². The highest BCUT2D eigenvalue weighted by Gasteiger charge is 2.23. The van der Waals surface area contributed by atoms with Gasteiger partial charge in [-0.25, -0.2) is 4.79 Å². The highest BCUT2D eigenvalue weighted by molar-refractivity contribution is 5.74. The summed E-state index contributed by atoms with van der Waals surface area (Å²) in [6.07, 6.45) is 0.694. The first-order chi connectivity index (χ1) is 7.58. The van der Waals surface area contributed by atoms with Crippen LogP contribution in [-0.4, -0.2) is 33.7 Å². The first-order valence-corrected chi connectivity index (χ1v) is 5.41. The van der Waals surface area contributed by atoms with Gasteiger partial charge in [-0.2, -0.15) is 0 Å². The molecule has 16 heavy (non-hydrogen) atoms. The summed E-state index contributed by atoms with van der Waals surface area (Å²) in [6.45, 7) is 4.85. The number of aromatic amines is 2. The Morgan fingerprint density at radius 2 is 2.19 bits per heavy atom. The second-order valence-corrected chi connectivity index (χ2v) is 4.31. The standard InChI is InChI=1S/C10H16N4O2/c1-6(2)11-10(16)14-4-3-8-7(5-14)9(15)13-12-8/h6H,3-5H2,1-2H3,(H,11,16)(H2,12,13,15). The van der Waals surface area contributed by atoms with Crippen LogP contribution in [0.2, 0.25) is 0 Å².